The molecule has 19 heavy (non-hydrogen) atoms. The minimum absolute atomic E-state index is 0.323. The van der Waals surface area contributed by atoms with Crippen molar-refractivity contribution >= 4 is 5.97 Å². The Morgan fingerprint density at radius 3 is 2.42 bits per heavy atom. The van der Waals surface area contributed by atoms with Crippen LogP contribution in [0.1, 0.15) is 15.9 Å². The van der Waals surface area contributed by atoms with E-state index in [2.05, 4.69) is 0 Å². The van der Waals surface area contributed by atoms with Gasteiger partial charge < -0.3 is 24.8 Å². The second kappa shape index (κ2) is 5.66. The molecular formula is C13H16O6. The number of rotatable bonds is 3. The molecule has 6 nitrogen and oxygen atoms in total. The molecule has 0 radical (unpaired) electrons. The number of hydrogen-bond acceptors (Lipinski definition) is 6. The van der Waals surface area contributed by atoms with Crippen molar-refractivity contribution in [3.63, 3.8) is 0 Å². The number of carbonyl (C=O) groups is 1. The molecule has 1 aliphatic heterocycles. The first kappa shape index (κ1) is 14.0. The van der Waals surface area contributed by atoms with Gasteiger partial charge in [0.05, 0.1) is 12.2 Å². The van der Waals surface area contributed by atoms with E-state index in [1.54, 1.807) is 24.3 Å². The van der Waals surface area contributed by atoms with Crippen molar-refractivity contribution in [3.8, 4) is 0 Å². The van der Waals surface area contributed by atoms with Crippen molar-refractivity contribution < 1.29 is 29.6 Å². The third kappa shape index (κ3) is 2.93. The van der Waals surface area contributed by atoms with Gasteiger partial charge >= 0.3 is 5.97 Å². The number of aliphatic hydroxyl groups excluding tert-OH is 3. The molecule has 0 aromatic heterocycles. The minimum Gasteiger partial charge on any atom is -0.429 e. The van der Waals surface area contributed by atoms with E-state index < -0.39 is 37.2 Å². The van der Waals surface area contributed by atoms with Gasteiger partial charge in [-0.1, -0.05) is 17.7 Å². The molecule has 1 aliphatic rings. The van der Waals surface area contributed by atoms with Crippen LogP contribution in [0.4, 0.5) is 0 Å². The first-order valence-corrected chi connectivity index (χ1v) is 5.93. The van der Waals surface area contributed by atoms with Gasteiger partial charge in [0, 0.05) is 0 Å². The molecule has 104 valence electrons. The summed E-state index contributed by atoms with van der Waals surface area (Å²) in [7, 11) is 0. The lowest BCUT2D eigenvalue weighted by Crippen LogP contribution is -2.35. The Hall–Kier alpha value is -1.47. The lowest BCUT2D eigenvalue weighted by molar-refractivity contribution is -0.139. The van der Waals surface area contributed by atoms with E-state index in [1.165, 1.54) is 0 Å². The van der Waals surface area contributed by atoms with Crippen LogP contribution in [-0.2, 0) is 9.47 Å². The summed E-state index contributed by atoms with van der Waals surface area (Å²) in [6, 6.07) is 6.71. The highest BCUT2D eigenvalue weighted by molar-refractivity contribution is 5.89. The normalized spacial score (nSPS) is 30.3. The number of carbonyl (C=O) groups excluding carboxylic acids is 1. The van der Waals surface area contributed by atoms with Gasteiger partial charge in [-0.3, -0.25) is 0 Å². The molecular weight excluding hydrogens is 252 g/mol. The summed E-state index contributed by atoms with van der Waals surface area (Å²) in [5.41, 5.74) is 1.33. The number of ether oxygens (including phenoxy) is 2. The lowest BCUT2D eigenvalue weighted by atomic mass is 10.1. The molecule has 2 rings (SSSR count). The summed E-state index contributed by atoms with van der Waals surface area (Å²) < 4.78 is 10.0. The van der Waals surface area contributed by atoms with E-state index >= 15 is 0 Å². The molecule has 0 unspecified atom stereocenters. The zero-order chi connectivity index (χ0) is 14.0. The second-order valence-corrected chi connectivity index (χ2v) is 4.48. The van der Waals surface area contributed by atoms with E-state index in [9.17, 15) is 15.0 Å². The number of aryl methyl sites for hydroxylation is 1. The molecule has 4 atom stereocenters. The molecule has 0 saturated carbocycles. The molecule has 0 amide bonds. The third-order valence-electron chi connectivity index (χ3n) is 3.01. The Bertz CT molecular complexity index is 443. The average Bonchev–Trinajstić information content (AvgIpc) is 2.67. The van der Waals surface area contributed by atoms with Gasteiger partial charge in [-0.2, -0.15) is 0 Å². The summed E-state index contributed by atoms with van der Waals surface area (Å²) >= 11 is 0. The van der Waals surface area contributed by atoms with Crippen LogP contribution in [0.3, 0.4) is 0 Å². The SMILES string of the molecule is Cc1ccc(C(=O)O[C@H]2O[C@H](CO)[C@@H](O)[C@H]2O)cc1. The highest BCUT2D eigenvalue weighted by Crippen LogP contribution is 2.23. The molecule has 3 N–H and O–H groups in total. The lowest BCUT2D eigenvalue weighted by Gasteiger charge is -2.15. The van der Waals surface area contributed by atoms with E-state index in [0.29, 0.717) is 5.56 Å². The molecule has 6 heteroatoms. The quantitative estimate of drug-likeness (QED) is 0.645. The van der Waals surface area contributed by atoms with E-state index in [4.69, 9.17) is 14.6 Å². The standard InChI is InChI=1S/C13H16O6/c1-7-2-4-8(5-3-7)12(17)19-13-11(16)10(15)9(6-14)18-13/h2-5,9-11,13-16H,6H2,1H3/t9-,10-,11-,13-/m1/s1. The zero-order valence-corrected chi connectivity index (χ0v) is 10.4. The van der Waals surface area contributed by atoms with Gasteiger partial charge in [-0.05, 0) is 19.1 Å². The number of hydrogen-bond donors (Lipinski definition) is 3. The molecule has 0 bridgehead atoms. The van der Waals surface area contributed by atoms with Crippen LogP contribution in [0, 0.1) is 6.92 Å². The van der Waals surface area contributed by atoms with Crippen LogP contribution in [0.25, 0.3) is 0 Å². The Morgan fingerprint density at radius 2 is 1.89 bits per heavy atom. The summed E-state index contributed by atoms with van der Waals surface area (Å²) in [5.74, 6) is -0.658. The second-order valence-electron chi connectivity index (χ2n) is 4.48. The largest absolute Gasteiger partial charge is 0.429 e. The molecule has 1 fully saturated rings. The molecule has 1 aromatic carbocycles. The minimum atomic E-state index is -1.37. The highest BCUT2D eigenvalue weighted by atomic mass is 16.7. The topological polar surface area (TPSA) is 96.2 Å². The van der Waals surface area contributed by atoms with Crippen LogP contribution in [0.5, 0.6) is 0 Å². The molecule has 0 spiro atoms. The average molecular weight is 268 g/mol. The Balaban J connectivity index is 2.01. The molecule has 1 heterocycles. The van der Waals surface area contributed by atoms with Crippen molar-refractivity contribution in [2.24, 2.45) is 0 Å². The van der Waals surface area contributed by atoms with Crippen LogP contribution in [0.15, 0.2) is 24.3 Å². The zero-order valence-electron chi connectivity index (χ0n) is 10.4. The van der Waals surface area contributed by atoms with Crippen molar-refractivity contribution in [1.29, 1.82) is 0 Å². The maximum Gasteiger partial charge on any atom is 0.340 e. The van der Waals surface area contributed by atoms with Gasteiger partial charge in [0.1, 0.15) is 18.3 Å². The maximum absolute atomic E-state index is 11.8. The van der Waals surface area contributed by atoms with E-state index in [-0.39, 0.29) is 0 Å². The maximum atomic E-state index is 11.8. The monoisotopic (exact) mass is 268 g/mol. The third-order valence-corrected chi connectivity index (χ3v) is 3.01. The first-order chi connectivity index (χ1) is 9.02. The van der Waals surface area contributed by atoms with Gasteiger partial charge in [0.2, 0.25) is 6.29 Å². The van der Waals surface area contributed by atoms with Crippen LogP contribution < -0.4 is 0 Å². The predicted molar refractivity (Wildman–Crippen MR) is 64.4 cm³/mol. The number of benzene rings is 1. The van der Waals surface area contributed by atoms with Gasteiger partial charge in [0.15, 0.2) is 0 Å². The van der Waals surface area contributed by atoms with Crippen molar-refractivity contribution in [2.45, 2.75) is 31.5 Å². The molecule has 1 aromatic rings. The van der Waals surface area contributed by atoms with Crippen LogP contribution >= 0.6 is 0 Å². The summed E-state index contributed by atoms with van der Waals surface area (Å²) in [6.07, 6.45) is -4.88. The Labute approximate surface area is 110 Å². The number of aliphatic hydroxyl groups is 3. The van der Waals surface area contributed by atoms with Gasteiger partial charge in [-0.25, -0.2) is 4.79 Å². The van der Waals surface area contributed by atoms with Crippen molar-refractivity contribution in [2.75, 3.05) is 6.61 Å². The van der Waals surface area contributed by atoms with Crippen LogP contribution in [0.2, 0.25) is 0 Å². The van der Waals surface area contributed by atoms with E-state index in [0.717, 1.165) is 5.56 Å². The van der Waals surface area contributed by atoms with Crippen molar-refractivity contribution in [3.05, 3.63) is 35.4 Å². The highest BCUT2D eigenvalue weighted by Gasteiger charge is 2.44. The summed E-state index contributed by atoms with van der Waals surface area (Å²) in [6.45, 7) is 1.43. The van der Waals surface area contributed by atoms with Crippen molar-refractivity contribution in [1.82, 2.24) is 0 Å². The smallest absolute Gasteiger partial charge is 0.340 e. The number of esters is 1. The summed E-state index contributed by atoms with van der Waals surface area (Å²) in [4.78, 5) is 11.8. The first-order valence-electron chi connectivity index (χ1n) is 5.93. The Kier molecular flexibility index (Phi) is 4.16. The van der Waals surface area contributed by atoms with Gasteiger partial charge in [-0.15, -0.1) is 0 Å². The molecule has 1 saturated heterocycles. The summed E-state index contributed by atoms with van der Waals surface area (Å²) in [5, 5.41) is 28.1. The Morgan fingerprint density at radius 1 is 1.26 bits per heavy atom. The molecule has 0 aliphatic carbocycles. The fraction of sp³-hybridized carbons (Fsp3) is 0.462. The predicted octanol–water partition coefficient (Wildman–Crippen LogP) is -0.409. The fourth-order valence-electron chi connectivity index (χ4n) is 1.83. The fourth-order valence-corrected chi connectivity index (χ4v) is 1.83. The van der Waals surface area contributed by atoms with Gasteiger partial charge in [0.25, 0.3) is 0 Å². The van der Waals surface area contributed by atoms with Crippen LogP contribution in [-0.4, -0.2) is 52.5 Å². The van der Waals surface area contributed by atoms with E-state index in [1.807, 2.05) is 6.92 Å².